The van der Waals surface area contributed by atoms with Gasteiger partial charge in [0.15, 0.2) is 0 Å². The normalized spacial score (nSPS) is 11.3. The number of aryl methyl sites for hydroxylation is 1. The average molecular weight is 244 g/mol. The van der Waals surface area contributed by atoms with Crippen molar-refractivity contribution in [3.63, 3.8) is 0 Å². The Hall–Kier alpha value is -1.69. The van der Waals surface area contributed by atoms with Crippen LogP contribution in [-0.4, -0.2) is 30.1 Å². The third kappa shape index (κ3) is 3.67. The molecule has 0 bridgehead atoms. The molecule has 0 heterocycles. The highest BCUT2D eigenvalue weighted by atomic mass is 19.3. The fourth-order valence-electron chi connectivity index (χ4n) is 1.24. The highest BCUT2D eigenvalue weighted by molar-refractivity contribution is 5.96. The lowest BCUT2D eigenvalue weighted by molar-refractivity contribution is -0.0462. The number of carbonyl (C=O) groups excluding carboxylic acids is 1. The Bertz CT molecular complexity index is 422. The number of aliphatic hydroxyl groups is 1. The van der Waals surface area contributed by atoms with E-state index in [1.807, 2.05) is 0 Å². The van der Waals surface area contributed by atoms with Crippen molar-refractivity contribution in [3.8, 4) is 0 Å². The SMILES string of the molecule is Cc1ccc(N)cc1C(=O)NCC(F)(F)CO. The van der Waals surface area contributed by atoms with Crippen molar-refractivity contribution in [2.45, 2.75) is 12.8 Å². The molecule has 6 heteroatoms. The van der Waals surface area contributed by atoms with Crippen molar-refractivity contribution in [1.29, 1.82) is 0 Å². The van der Waals surface area contributed by atoms with E-state index in [0.717, 1.165) is 0 Å². The first-order chi connectivity index (χ1) is 7.85. The summed E-state index contributed by atoms with van der Waals surface area (Å²) in [7, 11) is 0. The number of hydrogen-bond acceptors (Lipinski definition) is 3. The fraction of sp³-hybridized carbons (Fsp3) is 0.364. The van der Waals surface area contributed by atoms with Crippen LogP contribution in [0.5, 0.6) is 0 Å². The van der Waals surface area contributed by atoms with Gasteiger partial charge in [0.1, 0.15) is 6.61 Å². The lowest BCUT2D eigenvalue weighted by atomic mass is 10.1. The molecule has 0 spiro atoms. The van der Waals surface area contributed by atoms with Crippen LogP contribution < -0.4 is 11.1 Å². The van der Waals surface area contributed by atoms with Crippen LogP contribution in [0, 0.1) is 6.92 Å². The molecule has 1 rings (SSSR count). The number of halogens is 2. The zero-order valence-electron chi connectivity index (χ0n) is 9.34. The molecule has 0 aliphatic carbocycles. The Morgan fingerprint density at radius 1 is 1.53 bits per heavy atom. The quantitative estimate of drug-likeness (QED) is 0.690. The van der Waals surface area contributed by atoms with Crippen LogP contribution >= 0.6 is 0 Å². The van der Waals surface area contributed by atoms with Gasteiger partial charge in [0.2, 0.25) is 0 Å². The van der Waals surface area contributed by atoms with Gasteiger partial charge in [-0.3, -0.25) is 4.79 Å². The number of nitrogen functional groups attached to an aromatic ring is 1. The number of carbonyl (C=O) groups is 1. The van der Waals surface area contributed by atoms with Gasteiger partial charge >= 0.3 is 0 Å². The molecule has 0 aliphatic rings. The minimum absolute atomic E-state index is 0.249. The van der Waals surface area contributed by atoms with Gasteiger partial charge in [-0.2, -0.15) is 0 Å². The molecule has 0 unspecified atom stereocenters. The van der Waals surface area contributed by atoms with Crippen LogP contribution in [0.2, 0.25) is 0 Å². The van der Waals surface area contributed by atoms with Crippen molar-refractivity contribution in [3.05, 3.63) is 29.3 Å². The Morgan fingerprint density at radius 2 is 2.18 bits per heavy atom. The van der Waals surface area contributed by atoms with E-state index in [2.05, 4.69) is 5.32 Å². The van der Waals surface area contributed by atoms with Crippen LogP contribution in [0.3, 0.4) is 0 Å². The summed E-state index contributed by atoms with van der Waals surface area (Å²) in [5, 5.41) is 10.4. The molecule has 17 heavy (non-hydrogen) atoms. The van der Waals surface area contributed by atoms with E-state index in [9.17, 15) is 13.6 Å². The van der Waals surface area contributed by atoms with E-state index < -0.39 is 25.0 Å². The molecule has 0 fully saturated rings. The van der Waals surface area contributed by atoms with Crippen molar-refractivity contribution >= 4 is 11.6 Å². The Balaban J connectivity index is 2.74. The summed E-state index contributed by atoms with van der Waals surface area (Å²) in [5.74, 6) is -3.95. The van der Waals surface area contributed by atoms with E-state index in [1.165, 1.54) is 6.07 Å². The average Bonchev–Trinajstić information content (AvgIpc) is 2.29. The summed E-state index contributed by atoms with van der Waals surface area (Å²) in [4.78, 5) is 11.6. The van der Waals surface area contributed by atoms with Crippen LogP contribution in [0.25, 0.3) is 0 Å². The molecule has 0 saturated carbocycles. The predicted molar refractivity (Wildman–Crippen MR) is 60.0 cm³/mol. The first kappa shape index (κ1) is 13.4. The predicted octanol–water partition coefficient (Wildman–Crippen LogP) is 0.935. The van der Waals surface area contributed by atoms with Gasteiger partial charge in [0.05, 0.1) is 6.54 Å². The summed E-state index contributed by atoms with van der Waals surface area (Å²) < 4.78 is 25.4. The monoisotopic (exact) mass is 244 g/mol. The fourth-order valence-corrected chi connectivity index (χ4v) is 1.24. The van der Waals surface area contributed by atoms with Gasteiger partial charge in [-0.05, 0) is 24.6 Å². The zero-order valence-corrected chi connectivity index (χ0v) is 9.34. The minimum atomic E-state index is -3.32. The molecule has 0 aliphatic heterocycles. The van der Waals surface area contributed by atoms with Gasteiger partial charge in [-0.25, -0.2) is 8.78 Å². The van der Waals surface area contributed by atoms with Crippen LogP contribution in [0.4, 0.5) is 14.5 Å². The molecule has 0 saturated heterocycles. The summed E-state index contributed by atoms with van der Waals surface area (Å²) in [6, 6.07) is 4.67. The molecule has 1 amide bonds. The molecule has 0 radical (unpaired) electrons. The molecular formula is C11H14F2N2O2. The Morgan fingerprint density at radius 3 is 2.76 bits per heavy atom. The second-order valence-corrected chi connectivity index (χ2v) is 3.77. The molecular weight excluding hydrogens is 230 g/mol. The second-order valence-electron chi connectivity index (χ2n) is 3.77. The number of hydrogen-bond donors (Lipinski definition) is 3. The third-order valence-corrected chi connectivity index (χ3v) is 2.25. The molecule has 94 valence electrons. The van der Waals surface area contributed by atoms with Crippen LogP contribution in [0.15, 0.2) is 18.2 Å². The first-order valence-corrected chi connectivity index (χ1v) is 4.99. The maximum atomic E-state index is 12.7. The number of rotatable bonds is 4. The molecule has 4 N–H and O–H groups in total. The van der Waals surface area contributed by atoms with Crippen molar-refractivity contribution in [2.24, 2.45) is 0 Å². The first-order valence-electron chi connectivity index (χ1n) is 4.99. The molecule has 1 aromatic carbocycles. The number of benzene rings is 1. The van der Waals surface area contributed by atoms with E-state index in [1.54, 1.807) is 19.1 Å². The van der Waals surface area contributed by atoms with Gasteiger partial charge in [0, 0.05) is 11.3 Å². The number of nitrogens with two attached hydrogens (primary N) is 1. The number of amides is 1. The van der Waals surface area contributed by atoms with E-state index >= 15 is 0 Å². The van der Waals surface area contributed by atoms with Gasteiger partial charge in [-0.1, -0.05) is 6.07 Å². The molecule has 1 aromatic rings. The Labute approximate surface area is 97.4 Å². The third-order valence-electron chi connectivity index (χ3n) is 2.25. The largest absolute Gasteiger partial charge is 0.399 e. The summed E-state index contributed by atoms with van der Waals surface area (Å²) >= 11 is 0. The van der Waals surface area contributed by atoms with Crippen molar-refractivity contribution in [1.82, 2.24) is 5.32 Å². The summed E-state index contributed by atoms with van der Waals surface area (Å²) in [6.45, 7) is -0.529. The lowest BCUT2D eigenvalue weighted by Crippen LogP contribution is -2.39. The topological polar surface area (TPSA) is 75.4 Å². The standard InChI is InChI=1S/C11H14F2N2O2/c1-7-2-3-8(14)4-9(7)10(17)15-5-11(12,13)6-16/h2-4,16H,5-6,14H2,1H3,(H,15,17). The van der Waals surface area contributed by atoms with Crippen LogP contribution in [-0.2, 0) is 0 Å². The van der Waals surface area contributed by atoms with Gasteiger partial charge in [-0.15, -0.1) is 0 Å². The molecule has 4 nitrogen and oxygen atoms in total. The number of aliphatic hydroxyl groups excluding tert-OH is 1. The Kier molecular flexibility index (Phi) is 4.01. The number of nitrogens with one attached hydrogen (secondary N) is 1. The maximum Gasteiger partial charge on any atom is 0.287 e. The van der Waals surface area contributed by atoms with E-state index in [0.29, 0.717) is 11.3 Å². The highest BCUT2D eigenvalue weighted by Gasteiger charge is 2.28. The molecule has 0 atom stereocenters. The number of anilines is 1. The number of alkyl halides is 2. The smallest absolute Gasteiger partial charge is 0.287 e. The summed E-state index contributed by atoms with van der Waals surface area (Å²) in [5.41, 5.74) is 6.78. The van der Waals surface area contributed by atoms with Crippen molar-refractivity contribution in [2.75, 3.05) is 18.9 Å². The van der Waals surface area contributed by atoms with Crippen molar-refractivity contribution < 1.29 is 18.7 Å². The highest BCUT2D eigenvalue weighted by Crippen LogP contribution is 2.14. The lowest BCUT2D eigenvalue weighted by Gasteiger charge is -2.14. The second kappa shape index (κ2) is 5.09. The minimum Gasteiger partial charge on any atom is -0.399 e. The summed E-state index contributed by atoms with van der Waals surface area (Å²) in [6.07, 6.45) is 0. The zero-order chi connectivity index (χ0) is 13.1. The van der Waals surface area contributed by atoms with Gasteiger partial charge in [0.25, 0.3) is 11.8 Å². The van der Waals surface area contributed by atoms with E-state index in [4.69, 9.17) is 10.8 Å². The van der Waals surface area contributed by atoms with Gasteiger partial charge < -0.3 is 16.2 Å². The molecule has 0 aromatic heterocycles. The van der Waals surface area contributed by atoms with E-state index in [-0.39, 0.29) is 5.56 Å². The maximum absolute atomic E-state index is 12.7. The van der Waals surface area contributed by atoms with Crippen LogP contribution in [0.1, 0.15) is 15.9 Å².